The van der Waals surface area contributed by atoms with Crippen molar-refractivity contribution >= 4 is 11.5 Å². The minimum Gasteiger partial charge on any atom is -0.494 e. The number of aliphatic imine (C=N–C) groups is 1. The largest absolute Gasteiger partial charge is 0.494 e. The standard InChI is InChI=1S/C27H32N4O4/c1-4-5-10-24-29-26(32)21(17-19-11-13-20(14-12-19)18-30-16-7-15-28-30)27(33)31(24)25-22(34-2)8-6-9-23(25)35-3/h6-9,11-16,27,32-33H,4-5,10,17-18H2,1-3H3. The van der Waals surface area contributed by atoms with E-state index in [1.165, 1.54) is 0 Å². The third-order valence-electron chi connectivity index (χ3n) is 6.07. The van der Waals surface area contributed by atoms with Gasteiger partial charge in [-0.15, -0.1) is 0 Å². The Bertz CT molecular complexity index is 1160. The summed E-state index contributed by atoms with van der Waals surface area (Å²) in [5.74, 6) is 1.53. The number of anilines is 1. The van der Waals surface area contributed by atoms with Crippen LogP contribution in [0.25, 0.3) is 0 Å². The number of methoxy groups -OCH3 is 2. The van der Waals surface area contributed by atoms with Crippen LogP contribution < -0.4 is 14.4 Å². The van der Waals surface area contributed by atoms with E-state index in [0.717, 1.165) is 24.0 Å². The smallest absolute Gasteiger partial charge is 0.216 e. The highest BCUT2D eigenvalue weighted by Gasteiger charge is 2.35. The Morgan fingerprint density at radius 2 is 1.66 bits per heavy atom. The Kier molecular flexibility index (Phi) is 7.72. The Hall–Kier alpha value is -3.78. The zero-order chi connectivity index (χ0) is 24.8. The van der Waals surface area contributed by atoms with E-state index in [0.29, 0.717) is 48.0 Å². The molecule has 0 saturated carbocycles. The lowest BCUT2D eigenvalue weighted by Gasteiger charge is -2.36. The van der Waals surface area contributed by atoms with Crippen LogP contribution in [0.15, 0.2) is 77.4 Å². The maximum Gasteiger partial charge on any atom is 0.216 e. The minimum atomic E-state index is -1.13. The number of unbranched alkanes of at least 4 members (excludes halogenated alkanes) is 1. The lowest BCUT2D eigenvalue weighted by Crippen LogP contribution is -2.45. The van der Waals surface area contributed by atoms with Crippen molar-refractivity contribution in [2.75, 3.05) is 19.1 Å². The predicted molar refractivity (Wildman–Crippen MR) is 136 cm³/mol. The molecule has 4 rings (SSSR count). The molecule has 1 aliphatic heterocycles. The highest BCUT2D eigenvalue weighted by Crippen LogP contribution is 2.42. The van der Waals surface area contributed by atoms with Crippen molar-refractivity contribution < 1.29 is 19.7 Å². The first-order valence-corrected chi connectivity index (χ1v) is 11.8. The molecule has 0 bridgehead atoms. The molecule has 0 fully saturated rings. The van der Waals surface area contributed by atoms with E-state index in [-0.39, 0.29) is 5.88 Å². The second kappa shape index (κ2) is 11.1. The Labute approximate surface area is 205 Å². The number of hydrogen-bond acceptors (Lipinski definition) is 7. The fourth-order valence-corrected chi connectivity index (χ4v) is 4.23. The lowest BCUT2D eigenvalue weighted by atomic mass is 9.99. The number of ether oxygens (including phenoxy) is 2. The number of amidine groups is 1. The first-order chi connectivity index (χ1) is 17.0. The van der Waals surface area contributed by atoms with Crippen molar-refractivity contribution in [2.24, 2.45) is 4.99 Å². The fraction of sp³-hybridized carbons (Fsp3) is 0.333. The van der Waals surface area contributed by atoms with Gasteiger partial charge in [-0.1, -0.05) is 43.7 Å². The molecule has 3 aromatic rings. The summed E-state index contributed by atoms with van der Waals surface area (Å²) in [4.78, 5) is 6.24. The molecule has 2 heterocycles. The summed E-state index contributed by atoms with van der Waals surface area (Å²) < 4.78 is 13.1. The van der Waals surface area contributed by atoms with Gasteiger partial charge >= 0.3 is 0 Å². The van der Waals surface area contributed by atoms with Crippen molar-refractivity contribution in [3.05, 3.63) is 83.5 Å². The molecule has 1 aromatic heterocycles. The molecule has 8 nitrogen and oxygen atoms in total. The second-order valence-electron chi connectivity index (χ2n) is 8.43. The molecule has 35 heavy (non-hydrogen) atoms. The molecule has 2 N–H and O–H groups in total. The van der Waals surface area contributed by atoms with Gasteiger partial charge in [-0.2, -0.15) is 5.10 Å². The van der Waals surface area contributed by atoms with Crippen molar-refractivity contribution in [1.82, 2.24) is 9.78 Å². The fourth-order valence-electron chi connectivity index (χ4n) is 4.23. The van der Waals surface area contributed by atoms with Crippen LogP contribution >= 0.6 is 0 Å². The molecule has 0 amide bonds. The van der Waals surface area contributed by atoms with Crippen LogP contribution in [0.3, 0.4) is 0 Å². The third-order valence-corrected chi connectivity index (χ3v) is 6.07. The van der Waals surface area contributed by atoms with Crippen molar-refractivity contribution in [3.63, 3.8) is 0 Å². The maximum absolute atomic E-state index is 11.6. The molecule has 1 aliphatic rings. The van der Waals surface area contributed by atoms with Crippen LogP contribution in [-0.4, -0.2) is 46.3 Å². The monoisotopic (exact) mass is 476 g/mol. The SMILES string of the molecule is CCCCC1=NC(O)=C(Cc2ccc(Cn3cccn3)cc2)C(O)N1c1c(OC)cccc1OC. The van der Waals surface area contributed by atoms with Crippen LogP contribution in [0.4, 0.5) is 5.69 Å². The molecule has 1 atom stereocenters. The van der Waals surface area contributed by atoms with Crippen LogP contribution in [0, 0.1) is 0 Å². The number of rotatable bonds is 10. The average molecular weight is 477 g/mol. The summed E-state index contributed by atoms with van der Waals surface area (Å²) in [6.07, 6.45) is 5.29. The number of aliphatic hydroxyl groups is 2. The zero-order valence-corrected chi connectivity index (χ0v) is 20.4. The maximum atomic E-state index is 11.6. The number of aliphatic hydroxyl groups excluding tert-OH is 2. The molecule has 184 valence electrons. The topological polar surface area (TPSA) is 92.3 Å². The van der Waals surface area contributed by atoms with Gasteiger partial charge in [0.2, 0.25) is 5.88 Å². The van der Waals surface area contributed by atoms with Gasteiger partial charge in [-0.3, -0.25) is 9.58 Å². The normalized spacial score (nSPS) is 15.8. The number of hydrogen-bond donors (Lipinski definition) is 2. The zero-order valence-electron chi connectivity index (χ0n) is 20.4. The van der Waals surface area contributed by atoms with Crippen LogP contribution in [0.1, 0.15) is 37.3 Å². The van der Waals surface area contributed by atoms with Gasteiger partial charge in [-0.05, 0) is 35.7 Å². The first-order valence-electron chi connectivity index (χ1n) is 11.8. The van der Waals surface area contributed by atoms with E-state index in [9.17, 15) is 10.2 Å². The molecular formula is C27H32N4O4. The van der Waals surface area contributed by atoms with E-state index in [1.807, 2.05) is 59.4 Å². The van der Waals surface area contributed by atoms with Crippen molar-refractivity contribution in [3.8, 4) is 11.5 Å². The Morgan fingerprint density at radius 1 is 0.971 bits per heavy atom. The predicted octanol–water partition coefficient (Wildman–Crippen LogP) is 4.69. The van der Waals surface area contributed by atoms with Crippen molar-refractivity contribution in [1.29, 1.82) is 0 Å². The van der Waals surface area contributed by atoms with Gasteiger partial charge in [0.15, 0.2) is 6.23 Å². The van der Waals surface area contributed by atoms with E-state index in [2.05, 4.69) is 17.0 Å². The van der Waals surface area contributed by atoms with Gasteiger partial charge in [0.25, 0.3) is 0 Å². The molecule has 0 aliphatic carbocycles. The van der Waals surface area contributed by atoms with Crippen LogP contribution in [0.2, 0.25) is 0 Å². The van der Waals surface area contributed by atoms with Crippen LogP contribution in [0.5, 0.6) is 11.5 Å². The summed E-state index contributed by atoms with van der Waals surface area (Å²) in [5, 5.41) is 26.6. The average Bonchev–Trinajstić information content (AvgIpc) is 3.39. The molecule has 8 heteroatoms. The quantitative estimate of drug-likeness (QED) is 0.441. The van der Waals surface area contributed by atoms with Gasteiger partial charge in [-0.25, -0.2) is 4.99 Å². The Balaban J connectivity index is 1.66. The summed E-state index contributed by atoms with van der Waals surface area (Å²) >= 11 is 0. The first kappa shape index (κ1) is 24.3. The van der Waals surface area contributed by atoms with E-state index >= 15 is 0 Å². The van der Waals surface area contributed by atoms with E-state index < -0.39 is 6.23 Å². The number of nitrogens with zero attached hydrogens (tertiary/aromatic N) is 4. The highest BCUT2D eigenvalue weighted by molar-refractivity contribution is 6.02. The van der Waals surface area contributed by atoms with Crippen LogP contribution in [-0.2, 0) is 13.0 Å². The summed E-state index contributed by atoms with van der Waals surface area (Å²) in [6, 6.07) is 15.4. The van der Waals surface area contributed by atoms with Gasteiger partial charge in [0.1, 0.15) is 23.0 Å². The number of benzene rings is 2. The second-order valence-corrected chi connectivity index (χ2v) is 8.43. The third kappa shape index (κ3) is 5.33. The summed E-state index contributed by atoms with van der Waals surface area (Å²) in [6.45, 7) is 2.77. The minimum absolute atomic E-state index is 0.144. The molecule has 0 spiro atoms. The molecule has 1 unspecified atom stereocenters. The van der Waals surface area contributed by atoms with E-state index in [4.69, 9.17) is 9.47 Å². The number of aromatic nitrogens is 2. The van der Waals surface area contributed by atoms with Gasteiger partial charge in [0, 0.05) is 30.8 Å². The summed E-state index contributed by atoms with van der Waals surface area (Å²) in [5.41, 5.74) is 3.06. The number of para-hydroxylation sites is 1. The van der Waals surface area contributed by atoms with Gasteiger partial charge in [0.05, 0.1) is 20.8 Å². The molecule has 0 radical (unpaired) electrons. The molecule has 2 aromatic carbocycles. The van der Waals surface area contributed by atoms with Gasteiger partial charge < -0.3 is 19.7 Å². The molecule has 0 saturated heterocycles. The Morgan fingerprint density at radius 3 is 2.26 bits per heavy atom. The summed E-state index contributed by atoms with van der Waals surface area (Å²) in [7, 11) is 3.16. The van der Waals surface area contributed by atoms with E-state index in [1.54, 1.807) is 25.3 Å². The van der Waals surface area contributed by atoms with Crippen molar-refractivity contribution in [2.45, 2.75) is 45.4 Å². The highest BCUT2D eigenvalue weighted by atomic mass is 16.5. The molecular weight excluding hydrogens is 444 g/mol. The lowest BCUT2D eigenvalue weighted by molar-refractivity contribution is 0.201.